The first-order chi connectivity index (χ1) is 10.9. The number of aryl methyl sites for hydroxylation is 1. The number of hydrogen-bond acceptors (Lipinski definition) is 3. The van der Waals surface area contributed by atoms with Crippen LogP contribution in [0.5, 0.6) is 0 Å². The van der Waals surface area contributed by atoms with E-state index >= 15 is 0 Å². The molecule has 6 nitrogen and oxygen atoms in total. The summed E-state index contributed by atoms with van der Waals surface area (Å²) in [5.41, 5.74) is 1.86. The monoisotopic (exact) mass is 315 g/mol. The number of carbonyl (C=O) groups is 2. The highest BCUT2D eigenvalue weighted by molar-refractivity contribution is 5.95. The zero-order chi connectivity index (χ0) is 17.0. The van der Waals surface area contributed by atoms with Crippen LogP contribution in [0.4, 0.5) is 0 Å². The summed E-state index contributed by atoms with van der Waals surface area (Å²) in [6.45, 7) is 5.54. The van der Waals surface area contributed by atoms with E-state index in [4.69, 9.17) is 0 Å². The van der Waals surface area contributed by atoms with Crippen LogP contribution in [0, 0.1) is 12.8 Å². The SMILES string of the molecule is CC[C@H](C)[C@H](NC(=O)c1cc(C)n(-c2ccccc2)n1)C(=O)O. The fourth-order valence-electron chi connectivity index (χ4n) is 2.31. The molecule has 2 rings (SSSR count). The lowest BCUT2D eigenvalue weighted by atomic mass is 9.99. The number of nitrogens with one attached hydrogen (secondary N) is 1. The lowest BCUT2D eigenvalue weighted by Gasteiger charge is -2.19. The van der Waals surface area contributed by atoms with Crippen molar-refractivity contribution in [2.75, 3.05) is 0 Å². The smallest absolute Gasteiger partial charge is 0.326 e. The molecule has 1 heterocycles. The van der Waals surface area contributed by atoms with Gasteiger partial charge in [-0.25, -0.2) is 9.48 Å². The normalized spacial score (nSPS) is 13.3. The third-order valence-electron chi connectivity index (χ3n) is 3.89. The van der Waals surface area contributed by atoms with Crippen molar-refractivity contribution >= 4 is 11.9 Å². The Labute approximate surface area is 135 Å². The van der Waals surface area contributed by atoms with Gasteiger partial charge in [0.05, 0.1) is 5.69 Å². The first-order valence-corrected chi connectivity index (χ1v) is 7.59. The van der Waals surface area contributed by atoms with E-state index < -0.39 is 17.9 Å². The van der Waals surface area contributed by atoms with Crippen molar-refractivity contribution in [2.24, 2.45) is 5.92 Å². The Bertz CT molecular complexity index is 694. The zero-order valence-electron chi connectivity index (χ0n) is 13.5. The van der Waals surface area contributed by atoms with E-state index in [1.54, 1.807) is 17.7 Å². The Morgan fingerprint density at radius 1 is 1.30 bits per heavy atom. The summed E-state index contributed by atoms with van der Waals surface area (Å²) in [4.78, 5) is 23.6. The van der Waals surface area contributed by atoms with Gasteiger partial charge < -0.3 is 10.4 Å². The highest BCUT2D eigenvalue weighted by atomic mass is 16.4. The molecule has 1 aromatic carbocycles. The molecule has 6 heteroatoms. The van der Waals surface area contributed by atoms with Crippen LogP contribution < -0.4 is 5.32 Å². The third-order valence-corrected chi connectivity index (χ3v) is 3.89. The van der Waals surface area contributed by atoms with Gasteiger partial charge in [-0.15, -0.1) is 0 Å². The van der Waals surface area contributed by atoms with Crippen LogP contribution in [0.25, 0.3) is 5.69 Å². The molecule has 1 amide bonds. The van der Waals surface area contributed by atoms with Crippen molar-refractivity contribution in [3.63, 3.8) is 0 Å². The molecule has 0 aliphatic carbocycles. The first kappa shape index (κ1) is 16.7. The maximum absolute atomic E-state index is 12.3. The Morgan fingerprint density at radius 3 is 2.52 bits per heavy atom. The van der Waals surface area contributed by atoms with Crippen molar-refractivity contribution in [3.8, 4) is 5.69 Å². The molecule has 0 aliphatic rings. The van der Waals surface area contributed by atoms with Gasteiger partial charge in [0.1, 0.15) is 6.04 Å². The van der Waals surface area contributed by atoms with E-state index in [0.717, 1.165) is 11.4 Å². The summed E-state index contributed by atoms with van der Waals surface area (Å²) >= 11 is 0. The summed E-state index contributed by atoms with van der Waals surface area (Å²) < 4.78 is 1.66. The second kappa shape index (κ2) is 7.09. The van der Waals surface area contributed by atoms with Gasteiger partial charge in [-0.05, 0) is 31.0 Å². The Morgan fingerprint density at radius 2 is 1.96 bits per heavy atom. The molecule has 0 fully saturated rings. The van der Waals surface area contributed by atoms with Gasteiger partial charge in [-0.1, -0.05) is 38.5 Å². The molecule has 0 radical (unpaired) electrons. The second-order valence-electron chi connectivity index (χ2n) is 5.59. The summed E-state index contributed by atoms with van der Waals surface area (Å²) in [6.07, 6.45) is 0.661. The molecule has 2 atom stereocenters. The van der Waals surface area contributed by atoms with E-state index in [2.05, 4.69) is 10.4 Å². The molecule has 0 aliphatic heterocycles. The third kappa shape index (κ3) is 3.77. The number of amides is 1. The number of aromatic nitrogens is 2. The molecule has 0 saturated carbocycles. The lowest BCUT2D eigenvalue weighted by Crippen LogP contribution is -2.45. The van der Waals surface area contributed by atoms with Gasteiger partial charge in [0, 0.05) is 5.69 Å². The molecule has 0 spiro atoms. The standard InChI is InChI=1S/C17H21N3O3/c1-4-11(2)15(17(22)23)18-16(21)14-10-12(3)20(19-14)13-8-6-5-7-9-13/h5-11,15H,4H2,1-3H3,(H,18,21)(H,22,23)/t11-,15-/m0/s1. The molecule has 122 valence electrons. The molecular formula is C17H21N3O3. The minimum Gasteiger partial charge on any atom is -0.480 e. The van der Waals surface area contributed by atoms with Gasteiger partial charge in [-0.2, -0.15) is 5.10 Å². The number of para-hydroxylation sites is 1. The summed E-state index contributed by atoms with van der Waals surface area (Å²) in [5, 5.41) is 16.1. The topological polar surface area (TPSA) is 84.2 Å². The van der Waals surface area contributed by atoms with Crippen molar-refractivity contribution in [1.29, 1.82) is 0 Å². The van der Waals surface area contributed by atoms with Gasteiger partial charge in [0.2, 0.25) is 0 Å². The van der Waals surface area contributed by atoms with Crippen LogP contribution in [0.3, 0.4) is 0 Å². The number of carboxylic acids is 1. The average molecular weight is 315 g/mol. The number of carbonyl (C=O) groups excluding carboxylic acids is 1. The van der Waals surface area contributed by atoms with Crippen LogP contribution in [0.1, 0.15) is 36.5 Å². The Kier molecular flexibility index (Phi) is 5.16. The quantitative estimate of drug-likeness (QED) is 0.857. The van der Waals surface area contributed by atoms with E-state index in [9.17, 15) is 14.7 Å². The highest BCUT2D eigenvalue weighted by Crippen LogP contribution is 2.13. The Balaban J connectivity index is 2.22. The van der Waals surface area contributed by atoms with E-state index in [1.807, 2.05) is 44.2 Å². The van der Waals surface area contributed by atoms with Crippen LogP contribution in [0.2, 0.25) is 0 Å². The van der Waals surface area contributed by atoms with Crippen LogP contribution in [-0.4, -0.2) is 32.8 Å². The van der Waals surface area contributed by atoms with Crippen molar-refractivity contribution < 1.29 is 14.7 Å². The molecular weight excluding hydrogens is 294 g/mol. The number of carboxylic acid groups (broad SMARTS) is 1. The van der Waals surface area contributed by atoms with E-state index in [1.165, 1.54) is 0 Å². The van der Waals surface area contributed by atoms with Crippen LogP contribution in [-0.2, 0) is 4.79 Å². The summed E-state index contributed by atoms with van der Waals surface area (Å²) in [6, 6.07) is 10.2. The number of aliphatic carboxylic acids is 1. The maximum Gasteiger partial charge on any atom is 0.326 e. The molecule has 0 unspecified atom stereocenters. The molecule has 2 aromatic rings. The highest BCUT2D eigenvalue weighted by Gasteiger charge is 2.26. The van der Waals surface area contributed by atoms with Gasteiger partial charge in [-0.3, -0.25) is 4.79 Å². The molecule has 0 bridgehead atoms. The number of hydrogen-bond donors (Lipinski definition) is 2. The van der Waals surface area contributed by atoms with Gasteiger partial charge >= 0.3 is 5.97 Å². The molecule has 0 saturated heterocycles. The number of rotatable bonds is 6. The fraction of sp³-hybridized carbons (Fsp3) is 0.353. The largest absolute Gasteiger partial charge is 0.480 e. The minimum absolute atomic E-state index is 0.159. The van der Waals surface area contributed by atoms with Gasteiger partial charge in [0.15, 0.2) is 5.69 Å². The summed E-state index contributed by atoms with van der Waals surface area (Å²) in [7, 11) is 0. The second-order valence-corrected chi connectivity index (χ2v) is 5.59. The fourth-order valence-corrected chi connectivity index (χ4v) is 2.31. The maximum atomic E-state index is 12.3. The van der Waals surface area contributed by atoms with Crippen molar-refractivity contribution in [3.05, 3.63) is 47.8 Å². The van der Waals surface area contributed by atoms with Gasteiger partial charge in [0.25, 0.3) is 5.91 Å². The summed E-state index contributed by atoms with van der Waals surface area (Å²) in [5.74, 6) is -1.67. The molecule has 2 N–H and O–H groups in total. The Hall–Kier alpha value is -2.63. The predicted molar refractivity (Wildman–Crippen MR) is 86.6 cm³/mol. The molecule has 23 heavy (non-hydrogen) atoms. The van der Waals surface area contributed by atoms with E-state index in [-0.39, 0.29) is 11.6 Å². The number of nitrogens with zero attached hydrogens (tertiary/aromatic N) is 2. The lowest BCUT2D eigenvalue weighted by molar-refractivity contribution is -0.140. The first-order valence-electron chi connectivity index (χ1n) is 7.59. The van der Waals surface area contributed by atoms with E-state index in [0.29, 0.717) is 6.42 Å². The van der Waals surface area contributed by atoms with Crippen LogP contribution in [0.15, 0.2) is 36.4 Å². The number of benzene rings is 1. The van der Waals surface area contributed by atoms with Crippen LogP contribution >= 0.6 is 0 Å². The zero-order valence-corrected chi connectivity index (χ0v) is 13.5. The predicted octanol–water partition coefficient (Wildman–Crippen LogP) is 2.41. The van der Waals surface area contributed by atoms with Crippen molar-refractivity contribution in [1.82, 2.24) is 15.1 Å². The minimum atomic E-state index is -1.04. The average Bonchev–Trinajstić information content (AvgIpc) is 2.94. The molecule has 1 aromatic heterocycles. The van der Waals surface area contributed by atoms with Crippen molar-refractivity contribution in [2.45, 2.75) is 33.2 Å².